The molecule has 0 aromatic carbocycles. The molecule has 0 spiro atoms. The molecule has 5 nitrogen and oxygen atoms in total. The number of carboxylic acid groups (broad SMARTS) is 1. The molecule has 1 aliphatic rings. The van der Waals surface area contributed by atoms with Crippen molar-refractivity contribution in [3.05, 3.63) is 0 Å². The van der Waals surface area contributed by atoms with Crippen LogP contribution in [-0.4, -0.2) is 47.1 Å². The summed E-state index contributed by atoms with van der Waals surface area (Å²) in [4.78, 5) is 25.6. The smallest absolute Gasteiger partial charge is 0.305 e. The molecule has 5 heteroatoms. The SMILES string of the molecule is CC(C)(C(=O)N(CCC(=O)O)C(C)(C)C)C1CCCNC1. The maximum Gasteiger partial charge on any atom is 0.305 e. The van der Waals surface area contributed by atoms with Gasteiger partial charge in [-0.15, -0.1) is 0 Å². The zero-order valence-electron chi connectivity index (χ0n) is 14.0. The molecule has 0 aromatic heterocycles. The first kappa shape index (κ1) is 18.0. The second kappa shape index (κ2) is 6.77. The van der Waals surface area contributed by atoms with E-state index in [0.29, 0.717) is 5.92 Å². The number of carbonyl (C=O) groups is 2. The summed E-state index contributed by atoms with van der Waals surface area (Å²) in [5.74, 6) is -0.507. The number of carbonyl (C=O) groups excluding carboxylic acids is 1. The fraction of sp³-hybridized carbons (Fsp3) is 0.875. The number of nitrogens with one attached hydrogen (secondary N) is 1. The molecule has 1 rings (SSSR count). The lowest BCUT2D eigenvalue weighted by Gasteiger charge is -2.44. The van der Waals surface area contributed by atoms with Crippen LogP contribution in [0.1, 0.15) is 53.9 Å². The van der Waals surface area contributed by atoms with Gasteiger partial charge >= 0.3 is 5.97 Å². The van der Waals surface area contributed by atoms with Gasteiger partial charge in [0.05, 0.1) is 6.42 Å². The van der Waals surface area contributed by atoms with Gasteiger partial charge in [-0.3, -0.25) is 9.59 Å². The van der Waals surface area contributed by atoms with E-state index < -0.39 is 11.4 Å². The Hall–Kier alpha value is -1.10. The molecule has 21 heavy (non-hydrogen) atoms. The van der Waals surface area contributed by atoms with Crippen LogP contribution in [0.2, 0.25) is 0 Å². The zero-order valence-corrected chi connectivity index (χ0v) is 14.0. The Labute approximate surface area is 128 Å². The number of aliphatic carboxylic acids is 1. The molecule has 1 aliphatic heterocycles. The van der Waals surface area contributed by atoms with Gasteiger partial charge in [0.25, 0.3) is 0 Å². The van der Waals surface area contributed by atoms with E-state index in [9.17, 15) is 9.59 Å². The maximum absolute atomic E-state index is 13.0. The Bertz CT molecular complexity index is 379. The van der Waals surface area contributed by atoms with Gasteiger partial charge in [0.2, 0.25) is 5.91 Å². The lowest BCUT2D eigenvalue weighted by atomic mass is 9.73. The standard InChI is InChI=1S/C16H30N2O3/c1-15(2,3)18(10-8-13(19)20)14(21)16(4,5)12-7-6-9-17-11-12/h12,17H,6-11H2,1-5H3,(H,19,20). The largest absolute Gasteiger partial charge is 0.481 e. The molecule has 122 valence electrons. The Morgan fingerprint density at radius 3 is 2.29 bits per heavy atom. The van der Waals surface area contributed by atoms with E-state index in [1.807, 2.05) is 34.6 Å². The van der Waals surface area contributed by atoms with Crippen LogP contribution in [0.3, 0.4) is 0 Å². The summed E-state index contributed by atoms with van der Waals surface area (Å²) < 4.78 is 0. The molecule has 1 unspecified atom stereocenters. The molecule has 1 saturated heterocycles. The predicted molar refractivity (Wildman–Crippen MR) is 83.1 cm³/mol. The number of piperidine rings is 1. The fourth-order valence-corrected chi connectivity index (χ4v) is 2.94. The molecule has 1 heterocycles. The highest BCUT2D eigenvalue weighted by Crippen LogP contribution is 2.35. The molecular weight excluding hydrogens is 268 g/mol. The van der Waals surface area contributed by atoms with E-state index in [1.165, 1.54) is 0 Å². The third-order valence-corrected chi connectivity index (χ3v) is 4.47. The molecular formula is C16H30N2O3. The van der Waals surface area contributed by atoms with Crippen molar-refractivity contribution in [3.63, 3.8) is 0 Å². The highest BCUT2D eigenvalue weighted by molar-refractivity contribution is 5.83. The molecule has 0 radical (unpaired) electrons. The quantitative estimate of drug-likeness (QED) is 0.815. The Morgan fingerprint density at radius 2 is 1.86 bits per heavy atom. The van der Waals surface area contributed by atoms with Gasteiger partial charge in [-0.05, 0) is 52.6 Å². The van der Waals surface area contributed by atoms with Crippen molar-refractivity contribution in [2.45, 2.75) is 59.4 Å². The molecule has 1 amide bonds. The average Bonchev–Trinajstić information content (AvgIpc) is 2.37. The number of hydrogen-bond acceptors (Lipinski definition) is 3. The van der Waals surface area contributed by atoms with Crippen molar-refractivity contribution in [1.82, 2.24) is 10.2 Å². The van der Waals surface area contributed by atoms with Gasteiger partial charge in [-0.2, -0.15) is 0 Å². The van der Waals surface area contributed by atoms with Gasteiger partial charge in [0.15, 0.2) is 0 Å². The molecule has 1 atom stereocenters. The van der Waals surface area contributed by atoms with Gasteiger partial charge < -0.3 is 15.3 Å². The first-order valence-corrected chi connectivity index (χ1v) is 7.81. The monoisotopic (exact) mass is 298 g/mol. The van der Waals surface area contributed by atoms with E-state index in [0.717, 1.165) is 25.9 Å². The minimum absolute atomic E-state index is 0.0119. The average molecular weight is 298 g/mol. The normalized spacial score (nSPS) is 20.1. The van der Waals surface area contributed by atoms with Crippen LogP contribution in [-0.2, 0) is 9.59 Å². The Kier molecular flexibility index (Phi) is 5.79. The van der Waals surface area contributed by atoms with Crippen LogP contribution in [0.25, 0.3) is 0 Å². The highest BCUT2D eigenvalue weighted by atomic mass is 16.4. The van der Waals surface area contributed by atoms with Crippen molar-refractivity contribution in [2.24, 2.45) is 11.3 Å². The third kappa shape index (κ3) is 4.70. The van der Waals surface area contributed by atoms with E-state index in [2.05, 4.69) is 5.32 Å². The lowest BCUT2D eigenvalue weighted by molar-refractivity contribution is -0.150. The van der Waals surface area contributed by atoms with E-state index >= 15 is 0 Å². The number of carboxylic acids is 1. The summed E-state index contributed by atoms with van der Waals surface area (Å²) in [7, 11) is 0. The van der Waals surface area contributed by atoms with Gasteiger partial charge in [0.1, 0.15) is 0 Å². The van der Waals surface area contributed by atoms with Crippen LogP contribution in [0.4, 0.5) is 0 Å². The Morgan fingerprint density at radius 1 is 1.24 bits per heavy atom. The molecule has 1 fully saturated rings. The summed E-state index contributed by atoms with van der Waals surface area (Å²) in [5.41, 5.74) is -0.842. The number of hydrogen-bond donors (Lipinski definition) is 2. The summed E-state index contributed by atoms with van der Waals surface area (Å²) in [5, 5.41) is 12.3. The number of amides is 1. The second-order valence-corrected chi connectivity index (χ2v) is 7.54. The summed E-state index contributed by atoms with van der Waals surface area (Å²) >= 11 is 0. The third-order valence-electron chi connectivity index (χ3n) is 4.47. The van der Waals surface area contributed by atoms with Crippen molar-refractivity contribution >= 4 is 11.9 Å². The summed E-state index contributed by atoms with van der Waals surface area (Å²) in [6, 6.07) is 0. The van der Waals surface area contributed by atoms with Crippen LogP contribution in [0.15, 0.2) is 0 Å². The highest BCUT2D eigenvalue weighted by Gasteiger charge is 2.42. The van der Waals surface area contributed by atoms with Crippen molar-refractivity contribution in [3.8, 4) is 0 Å². The van der Waals surface area contributed by atoms with Crippen molar-refractivity contribution < 1.29 is 14.7 Å². The first-order valence-electron chi connectivity index (χ1n) is 7.81. The summed E-state index contributed by atoms with van der Waals surface area (Å²) in [6.07, 6.45) is 2.12. The molecule has 0 aromatic rings. The minimum atomic E-state index is -0.866. The zero-order chi connectivity index (χ0) is 16.3. The molecule has 0 aliphatic carbocycles. The molecule has 0 bridgehead atoms. The van der Waals surface area contributed by atoms with Gasteiger partial charge in [0, 0.05) is 17.5 Å². The van der Waals surface area contributed by atoms with Crippen LogP contribution in [0, 0.1) is 11.3 Å². The van der Waals surface area contributed by atoms with Crippen molar-refractivity contribution in [2.75, 3.05) is 19.6 Å². The summed E-state index contributed by atoms with van der Waals surface area (Å²) in [6.45, 7) is 12.0. The molecule has 0 saturated carbocycles. The van der Waals surface area contributed by atoms with Crippen LogP contribution < -0.4 is 5.32 Å². The Balaban J connectivity index is 2.89. The topological polar surface area (TPSA) is 69.6 Å². The van der Waals surface area contributed by atoms with Crippen LogP contribution in [0.5, 0.6) is 0 Å². The second-order valence-electron chi connectivity index (χ2n) is 7.54. The van der Waals surface area contributed by atoms with E-state index in [4.69, 9.17) is 5.11 Å². The van der Waals surface area contributed by atoms with E-state index in [-0.39, 0.29) is 24.4 Å². The van der Waals surface area contributed by atoms with Crippen molar-refractivity contribution in [1.29, 1.82) is 0 Å². The molecule has 2 N–H and O–H groups in total. The first-order chi connectivity index (χ1) is 9.56. The van der Waals surface area contributed by atoms with E-state index in [1.54, 1.807) is 4.90 Å². The predicted octanol–water partition coefficient (Wildman–Crippen LogP) is 2.11. The fourth-order valence-electron chi connectivity index (χ4n) is 2.94. The number of nitrogens with zero attached hydrogens (tertiary/aromatic N) is 1. The number of rotatable bonds is 5. The van der Waals surface area contributed by atoms with Gasteiger partial charge in [-0.25, -0.2) is 0 Å². The lowest BCUT2D eigenvalue weighted by Crippen LogP contribution is -2.55. The van der Waals surface area contributed by atoms with Crippen LogP contribution >= 0.6 is 0 Å². The van der Waals surface area contributed by atoms with Gasteiger partial charge in [-0.1, -0.05) is 13.8 Å². The maximum atomic E-state index is 13.0. The minimum Gasteiger partial charge on any atom is -0.481 e.